The molecule has 1 aromatic carbocycles. The van der Waals surface area contributed by atoms with E-state index in [1.807, 2.05) is 0 Å². The minimum absolute atomic E-state index is 0.0879. The van der Waals surface area contributed by atoms with Gasteiger partial charge < -0.3 is 10.6 Å². The van der Waals surface area contributed by atoms with E-state index in [1.165, 1.54) is 17.4 Å². The standard InChI is InChI=1S/C15H16F2N4OS/c16-10-1-2-12(13(17)7-10)14(22)21-5-3-20(4-6-21)9-11-8-19-15(18)23-11/h1-2,7-8H,3-6,9H2,(H2,18,19). The number of benzene rings is 1. The summed E-state index contributed by atoms with van der Waals surface area (Å²) in [4.78, 5) is 21.2. The molecular formula is C15H16F2N4OS. The number of piperazine rings is 1. The van der Waals surface area contributed by atoms with Gasteiger partial charge in [-0.15, -0.1) is 11.3 Å². The summed E-state index contributed by atoms with van der Waals surface area (Å²) >= 11 is 1.45. The predicted octanol–water partition coefficient (Wildman–Crippen LogP) is 1.96. The fourth-order valence-electron chi connectivity index (χ4n) is 2.56. The number of rotatable bonds is 3. The van der Waals surface area contributed by atoms with Gasteiger partial charge in [0.15, 0.2) is 5.13 Å². The van der Waals surface area contributed by atoms with Crippen molar-refractivity contribution in [2.45, 2.75) is 6.54 Å². The zero-order valence-corrected chi connectivity index (χ0v) is 13.2. The van der Waals surface area contributed by atoms with Gasteiger partial charge in [-0.1, -0.05) is 0 Å². The van der Waals surface area contributed by atoms with Gasteiger partial charge >= 0.3 is 0 Å². The Morgan fingerprint density at radius 1 is 1.26 bits per heavy atom. The maximum absolute atomic E-state index is 13.7. The highest BCUT2D eigenvalue weighted by atomic mass is 32.1. The highest BCUT2D eigenvalue weighted by molar-refractivity contribution is 7.15. The maximum atomic E-state index is 13.7. The van der Waals surface area contributed by atoms with Crippen LogP contribution in [0.1, 0.15) is 15.2 Å². The summed E-state index contributed by atoms with van der Waals surface area (Å²) < 4.78 is 26.6. The van der Waals surface area contributed by atoms with E-state index in [1.54, 1.807) is 11.1 Å². The number of anilines is 1. The highest BCUT2D eigenvalue weighted by Crippen LogP contribution is 2.18. The third-order valence-electron chi connectivity index (χ3n) is 3.77. The van der Waals surface area contributed by atoms with Gasteiger partial charge in [0.05, 0.1) is 5.56 Å². The number of nitrogens with zero attached hydrogens (tertiary/aromatic N) is 3. The van der Waals surface area contributed by atoms with Crippen molar-refractivity contribution in [1.82, 2.24) is 14.8 Å². The molecule has 0 unspecified atom stereocenters. The average molecular weight is 338 g/mol. The average Bonchev–Trinajstić information content (AvgIpc) is 2.92. The Bertz CT molecular complexity index is 713. The summed E-state index contributed by atoms with van der Waals surface area (Å²) in [7, 11) is 0. The van der Waals surface area contributed by atoms with Crippen LogP contribution in [-0.4, -0.2) is 46.9 Å². The quantitative estimate of drug-likeness (QED) is 0.929. The molecule has 1 aromatic heterocycles. The van der Waals surface area contributed by atoms with Gasteiger partial charge in [0.1, 0.15) is 11.6 Å². The Morgan fingerprint density at radius 2 is 2.00 bits per heavy atom. The highest BCUT2D eigenvalue weighted by Gasteiger charge is 2.24. The van der Waals surface area contributed by atoms with Crippen molar-refractivity contribution in [3.63, 3.8) is 0 Å². The van der Waals surface area contributed by atoms with Crippen LogP contribution in [0.25, 0.3) is 0 Å². The van der Waals surface area contributed by atoms with E-state index in [0.29, 0.717) is 31.3 Å². The molecule has 2 aromatic rings. The zero-order valence-electron chi connectivity index (χ0n) is 12.3. The summed E-state index contributed by atoms with van der Waals surface area (Å²) in [5, 5.41) is 0.542. The van der Waals surface area contributed by atoms with Crippen LogP contribution in [0.4, 0.5) is 13.9 Å². The first kappa shape index (κ1) is 15.8. The molecule has 1 aliphatic heterocycles. The van der Waals surface area contributed by atoms with Crippen molar-refractivity contribution in [3.8, 4) is 0 Å². The summed E-state index contributed by atoms with van der Waals surface area (Å²) in [6.45, 7) is 3.12. The number of amides is 1. The number of nitrogens with two attached hydrogens (primary N) is 1. The zero-order chi connectivity index (χ0) is 16.4. The molecule has 2 heterocycles. The number of hydrogen-bond acceptors (Lipinski definition) is 5. The van der Waals surface area contributed by atoms with E-state index < -0.39 is 17.5 Å². The molecule has 3 rings (SSSR count). The van der Waals surface area contributed by atoms with Crippen LogP contribution in [0.3, 0.4) is 0 Å². The van der Waals surface area contributed by atoms with Gasteiger partial charge in [-0.05, 0) is 12.1 Å². The van der Waals surface area contributed by atoms with E-state index >= 15 is 0 Å². The molecule has 0 atom stereocenters. The van der Waals surface area contributed by atoms with Gasteiger partial charge in [0.25, 0.3) is 5.91 Å². The fraction of sp³-hybridized carbons (Fsp3) is 0.333. The monoisotopic (exact) mass is 338 g/mol. The second-order valence-corrected chi connectivity index (χ2v) is 6.50. The van der Waals surface area contributed by atoms with E-state index in [4.69, 9.17) is 5.73 Å². The van der Waals surface area contributed by atoms with Crippen LogP contribution in [0.5, 0.6) is 0 Å². The molecule has 1 amide bonds. The smallest absolute Gasteiger partial charge is 0.256 e. The van der Waals surface area contributed by atoms with Crippen LogP contribution < -0.4 is 5.73 Å². The molecule has 1 fully saturated rings. The van der Waals surface area contributed by atoms with Crippen LogP contribution in [0.15, 0.2) is 24.4 Å². The normalized spacial score (nSPS) is 15.8. The second kappa shape index (κ2) is 6.59. The molecule has 23 heavy (non-hydrogen) atoms. The Labute approximate surface area is 136 Å². The van der Waals surface area contributed by atoms with Crippen molar-refractivity contribution in [2.75, 3.05) is 31.9 Å². The lowest BCUT2D eigenvalue weighted by Gasteiger charge is -2.34. The van der Waals surface area contributed by atoms with Gasteiger partial charge in [-0.3, -0.25) is 9.69 Å². The van der Waals surface area contributed by atoms with Gasteiger partial charge in [0, 0.05) is 49.9 Å². The van der Waals surface area contributed by atoms with Crippen LogP contribution in [0.2, 0.25) is 0 Å². The predicted molar refractivity (Wildman–Crippen MR) is 84.1 cm³/mol. The van der Waals surface area contributed by atoms with Crippen LogP contribution in [0, 0.1) is 11.6 Å². The number of hydrogen-bond donors (Lipinski definition) is 1. The lowest BCUT2D eigenvalue weighted by Crippen LogP contribution is -2.48. The maximum Gasteiger partial charge on any atom is 0.256 e. The Kier molecular flexibility index (Phi) is 4.53. The molecule has 8 heteroatoms. The minimum Gasteiger partial charge on any atom is -0.375 e. The molecular weight excluding hydrogens is 322 g/mol. The number of carbonyl (C=O) groups is 1. The molecule has 0 saturated carbocycles. The molecule has 1 saturated heterocycles. The number of carbonyl (C=O) groups excluding carboxylic acids is 1. The van der Waals surface area contributed by atoms with E-state index in [0.717, 1.165) is 23.6 Å². The van der Waals surface area contributed by atoms with Gasteiger partial charge in [-0.2, -0.15) is 0 Å². The van der Waals surface area contributed by atoms with Crippen molar-refractivity contribution >= 4 is 22.4 Å². The molecule has 122 valence electrons. The number of thiazole rings is 1. The first-order chi connectivity index (χ1) is 11.0. The number of halogens is 2. The summed E-state index contributed by atoms with van der Waals surface area (Å²) in [6.07, 6.45) is 1.76. The third-order valence-corrected chi connectivity index (χ3v) is 4.58. The molecule has 2 N–H and O–H groups in total. The molecule has 0 radical (unpaired) electrons. The molecule has 0 bridgehead atoms. The Balaban J connectivity index is 1.59. The molecule has 1 aliphatic rings. The molecule has 5 nitrogen and oxygen atoms in total. The van der Waals surface area contributed by atoms with Crippen molar-refractivity contribution in [1.29, 1.82) is 0 Å². The summed E-state index contributed by atoms with van der Waals surface area (Å²) in [6, 6.07) is 3.03. The Hall–Kier alpha value is -2.06. The Morgan fingerprint density at radius 3 is 2.61 bits per heavy atom. The SMILES string of the molecule is Nc1ncc(CN2CCN(C(=O)c3ccc(F)cc3F)CC2)s1. The lowest BCUT2D eigenvalue weighted by atomic mass is 10.1. The van der Waals surface area contributed by atoms with E-state index in [9.17, 15) is 13.6 Å². The van der Waals surface area contributed by atoms with Crippen molar-refractivity contribution < 1.29 is 13.6 Å². The van der Waals surface area contributed by atoms with Crippen molar-refractivity contribution in [3.05, 3.63) is 46.5 Å². The van der Waals surface area contributed by atoms with Gasteiger partial charge in [0.2, 0.25) is 0 Å². The topological polar surface area (TPSA) is 62.5 Å². The third kappa shape index (κ3) is 3.65. The summed E-state index contributed by atoms with van der Waals surface area (Å²) in [5.41, 5.74) is 5.52. The lowest BCUT2D eigenvalue weighted by molar-refractivity contribution is 0.0625. The van der Waals surface area contributed by atoms with E-state index in [-0.39, 0.29) is 5.56 Å². The van der Waals surface area contributed by atoms with Gasteiger partial charge in [-0.25, -0.2) is 13.8 Å². The van der Waals surface area contributed by atoms with Crippen LogP contribution >= 0.6 is 11.3 Å². The second-order valence-electron chi connectivity index (χ2n) is 5.36. The number of nitrogen functional groups attached to an aromatic ring is 1. The molecule has 0 spiro atoms. The number of aromatic nitrogens is 1. The van der Waals surface area contributed by atoms with E-state index in [2.05, 4.69) is 9.88 Å². The fourth-order valence-corrected chi connectivity index (χ4v) is 3.29. The summed E-state index contributed by atoms with van der Waals surface area (Å²) in [5.74, 6) is -1.91. The molecule has 0 aliphatic carbocycles. The van der Waals surface area contributed by atoms with Crippen molar-refractivity contribution in [2.24, 2.45) is 0 Å². The van der Waals surface area contributed by atoms with Crippen LogP contribution in [-0.2, 0) is 6.54 Å². The largest absolute Gasteiger partial charge is 0.375 e. The minimum atomic E-state index is -0.822. The first-order valence-electron chi connectivity index (χ1n) is 7.20. The first-order valence-corrected chi connectivity index (χ1v) is 8.01.